The Bertz CT molecular complexity index is 785. The molecule has 0 bridgehead atoms. The summed E-state index contributed by atoms with van der Waals surface area (Å²) >= 11 is 1.34. The summed E-state index contributed by atoms with van der Waals surface area (Å²) in [7, 11) is 0. The molecule has 4 nitrogen and oxygen atoms in total. The van der Waals surface area contributed by atoms with Crippen LogP contribution in [-0.2, 0) is 4.79 Å². The van der Waals surface area contributed by atoms with Gasteiger partial charge in [0.1, 0.15) is 5.75 Å². The Balaban J connectivity index is 1.76. The Labute approximate surface area is 145 Å². The molecule has 0 unspecified atom stereocenters. The lowest BCUT2D eigenvalue weighted by Crippen LogP contribution is -2.19. The van der Waals surface area contributed by atoms with Crippen molar-refractivity contribution in [3.63, 3.8) is 0 Å². The van der Waals surface area contributed by atoms with Crippen LogP contribution in [0.2, 0.25) is 0 Å². The van der Waals surface area contributed by atoms with Crippen LogP contribution in [0.25, 0.3) is 6.08 Å². The molecule has 1 amide bonds. The van der Waals surface area contributed by atoms with Gasteiger partial charge in [-0.2, -0.15) is 0 Å². The van der Waals surface area contributed by atoms with Gasteiger partial charge in [0, 0.05) is 0 Å². The molecule has 0 spiro atoms. The zero-order valence-electron chi connectivity index (χ0n) is 13.4. The zero-order chi connectivity index (χ0) is 16.8. The highest BCUT2D eigenvalue weighted by Gasteiger charge is 2.23. The molecule has 0 aromatic heterocycles. The molecular formula is C19H18N2O2S. The van der Waals surface area contributed by atoms with Gasteiger partial charge in [0.15, 0.2) is 5.17 Å². The lowest BCUT2D eigenvalue weighted by molar-refractivity contribution is -0.115. The molecule has 1 aliphatic heterocycles. The number of carbonyl (C=O) groups is 1. The number of carbonyl (C=O) groups excluding carboxylic acids is 1. The van der Waals surface area contributed by atoms with Crippen LogP contribution in [0.4, 0.5) is 5.69 Å². The van der Waals surface area contributed by atoms with Gasteiger partial charge >= 0.3 is 0 Å². The highest BCUT2D eigenvalue weighted by Crippen LogP contribution is 2.28. The highest BCUT2D eigenvalue weighted by atomic mass is 32.2. The molecule has 0 saturated carbocycles. The Kier molecular flexibility index (Phi) is 5.33. The number of thioether (sulfide) groups is 1. The van der Waals surface area contributed by atoms with Gasteiger partial charge in [-0.1, -0.05) is 37.3 Å². The number of aliphatic imine (C=N–C) groups is 1. The molecule has 2 aromatic rings. The van der Waals surface area contributed by atoms with Crippen molar-refractivity contribution in [3.05, 3.63) is 65.1 Å². The molecule has 1 saturated heterocycles. The molecule has 3 rings (SSSR count). The molecule has 1 fully saturated rings. The summed E-state index contributed by atoms with van der Waals surface area (Å²) in [5, 5.41) is 3.39. The number of para-hydroxylation sites is 1. The first-order chi connectivity index (χ1) is 11.7. The first-order valence-corrected chi connectivity index (χ1v) is 8.64. The van der Waals surface area contributed by atoms with Crippen molar-refractivity contribution in [2.75, 3.05) is 6.61 Å². The number of rotatable bonds is 5. The first-order valence-electron chi connectivity index (χ1n) is 7.82. The van der Waals surface area contributed by atoms with E-state index in [2.05, 4.69) is 17.2 Å². The molecule has 122 valence electrons. The van der Waals surface area contributed by atoms with Crippen LogP contribution in [-0.4, -0.2) is 17.7 Å². The Morgan fingerprint density at radius 1 is 1.17 bits per heavy atom. The highest BCUT2D eigenvalue weighted by molar-refractivity contribution is 8.18. The average molecular weight is 338 g/mol. The fraction of sp³-hybridized carbons (Fsp3) is 0.158. The third kappa shape index (κ3) is 4.26. The van der Waals surface area contributed by atoms with Crippen LogP contribution in [0.5, 0.6) is 5.75 Å². The summed E-state index contributed by atoms with van der Waals surface area (Å²) in [6.07, 6.45) is 2.81. The van der Waals surface area contributed by atoms with E-state index >= 15 is 0 Å². The van der Waals surface area contributed by atoms with Crippen molar-refractivity contribution in [2.24, 2.45) is 4.99 Å². The summed E-state index contributed by atoms with van der Waals surface area (Å²) < 4.78 is 5.63. The minimum Gasteiger partial charge on any atom is -0.494 e. The molecule has 1 heterocycles. The molecule has 1 aliphatic rings. The number of nitrogens with zero attached hydrogens (tertiary/aromatic N) is 1. The van der Waals surface area contributed by atoms with Crippen molar-refractivity contribution in [3.8, 4) is 5.75 Å². The lowest BCUT2D eigenvalue weighted by atomic mass is 10.2. The standard InChI is InChI=1S/C19H18N2O2S/c1-2-11-23-16-10-6-7-14(12-16)13-17-18(22)21-19(24-17)20-15-8-4-3-5-9-15/h3-10,12-13H,2,11H2,1H3,(H,20,21,22)/b17-13-. The van der Waals surface area contributed by atoms with Gasteiger partial charge in [-0.05, 0) is 54.1 Å². The van der Waals surface area contributed by atoms with E-state index in [0.29, 0.717) is 16.7 Å². The normalized spacial score (nSPS) is 17.3. The van der Waals surface area contributed by atoms with Crippen LogP contribution < -0.4 is 10.1 Å². The van der Waals surface area contributed by atoms with Gasteiger partial charge in [0.05, 0.1) is 17.2 Å². The van der Waals surface area contributed by atoms with Crippen molar-refractivity contribution >= 4 is 34.6 Å². The summed E-state index contributed by atoms with van der Waals surface area (Å²) in [5.41, 5.74) is 1.75. The Morgan fingerprint density at radius 3 is 2.79 bits per heavy atom. The van der Waals surface area contributed by atoms with E-state index in [1.54, 1.807) is 0 Å². The predicted octanol–water partition coefficient (Wildman–Crippen LogP) is 4.37. The van der Waals surface area contributed by atoms with Gasteiger partial charge < -0.3 is 10.1 Å². The molecule has 5 heteroatoms. The Hall–Kier alpha value is -2.53. The van der Waals surface area contributed by atoms with E-state index in [0.717, 1.165) is 23.4 Å². The quantitative estimate of drug-likeness (QED) is 0.824. The van der Waals surface area contributed by atoms with Gasteiger partial charge in [-0.3, -0.25) is 4.79 Å². The second-order valence-corrected chi connectivity index (χ2v) is 6.27. The van der Waals surface area contributed by atoms with E-state index in [4.69, 9.17) is 4.74 Å². The van der Waals surface area contributed by atoms with Crippen LogP contribution >= 0.6 is 11.8 Å². The van der Waals surface area contributed by atoms with Crippen LogP contribution in [0.1, 0.15) is 18.9 Å². The summed E-state index contributed by atoms with van der Waals surface area (Å²) in [4.78, 5) is 17.2. The van der Waals surface area contributed by atoms with Crippen molar-refractivity contribution in [1.82, 2.24) is 5.32 Å². The van der Waals surface area contributed by atoms with Crippen molar-refractivity contribution < 1.29 is 9.53 Å². The number of amides is 1. The number of hydrogen-bond acceptors (Lipinski definition) is 4. The number of ether oxygens (including phenoxy) is 1. The number of hydrogen-bond donors (Lipinski definition) is 1. The second-order valence-electron chi connectivity index (χ2n) is 5.24. The zero-order valence-corrected chi connectivity index (χ0v) is 14.2. The topological polar surface area (TPSA) is 50.7 Å². The third-order valence-electron chi connectivity index (χ3n) is 3.27. The minimum absolute atomic E-state index is 0.130. The molecule has 1 N–H and O–H groups in total. The molecular weight excluding hydrogens is 320 g/mol. The van der Waals surface area contributed by atoms with E-state index in [9.17, 15) is 4.79 Å². The van der Waals surface area contributed by atoms with E-state index in [1.165, 1.54) is 11.8 Å². The second kappa shape index (κ2) is 7.84. The van der Waals surface area contributed by atoms with Gasteiger partial charge in [-0.25, -0.2) is 4.99 Å². The lowest BCUT2D eigenvalue weighted by Gasteiger charge is -2.04. The smallest absolute Gasteiger partial charge is 0.264 e. The average Bonchev–Trinajstić information content (AvgIpc) is 2.93. The summed E-state index contributed by atoms with van der Waals surface area (Å²) in [5.74, 6) is 0.683. The first kappa shape index (κ1) is 16.3. The third-order valence-corrected chi connectivity index (χ3v) is 4.18. The van der Waals surface area contributed by atoms with Crippen LogP contribution in [0, 0.1) is 0 Å². The minimum atomic E-state index is -0.130. The van der Waals surface area contributed by atoms with E-state index in [-0.39, 0.29) is 5.91 Å². The van der Waals surface area contributed by atoms with Gasteiger partial charge in [0.2, 0.25) is 0 Å². The SMILES string of the molecule is CCCOc1cccc(/C=C2\SC(=Nc3ccccc3)NC2=O)c1. The van der Waals surface area contributed by atoms with E-state index in [1.807, 2.05) is 60.7 Å². The molecule has 24 heavy (non-hydrogen) atoms. The Morgan fingerprint density at radius 2 is 2.00 bits per heavy atom. The fourth-order valence-corrected chi connectivity index (χ4v) is 3.01. The molecule has 2 aromatic carbocycles. The number of amidine groups is 1. The molecule has 0 atom stereocenters. The van der Waals surface area contributed by atoms with E-state index < -0.39 is 0 Å². The maximum Gasteiger partial charge on any atom is 0.264 e. The van der Waals surface area contributed by atoms with Crippen molar-refractivity contribution in [2.45, 2.75) is 13.3 Å². The largest absolute Gasteiger partial charge is 0.494 e. The molecule has 0 radical (unpaired) electrons. The maximum atomic E-state index is 12.1. The van der Waals surface area contributed by atoms with Gasteiger partial charge in [-0.15, -0.1) is 0 Å². The van der Waals surface area contributed by atoms with Crippen molar-refractivity contribution in [1.29, 1.82) is 0 Å². The number of benzene rings is 2. The van der Waals surface area contributed by atoms with Gasteiger partial charge in [0.25, 0.3) is 5.91 Å². The maximum absolute atomic E-state index is 12.1. The monoisotopic (exact) mass is 338 g/mol. The summed E-state index contributed by atoms with van der Waals surface area (Å²) in [6, 6.07) is 17.3. The van der Waals surface area contributed by atoms with Crippen LogP contribution in [0.15, 0.2) is 64.5 Å². The number of nitrogens with one attached hydrogen (secondary N) is 1. The summed E-state index contributed by atoms with van der Waals surface area (Å²) in [6.45, 7) is 2.75. The van der Waals surface area contributed by atoms with Crippen LogP contribution in [0.3, 0.4) is 0 Å². The fourth-order valence-electron chi connectivity index (χ4n) is 2.17. The predicted molar refractivity (Wildman–Crippen MR) is 99.5 cm³/mol. The molecule has 0 aliphatic carbocycles.